The second kappa shape index (κ2) is 17.9. The van der Waals surface area contributed by atoms with Gasteiger partial charge in [0, 0.05) is 26.1 Å². The molecule has 0 saturated carbocycles. The number of alkyl carbamates (subject to hydrolysis) is 1. The summed E-state index contributed by atoms with van der Waals surface area (Å²) >= 11 is 0. The highest BCUT2D eigenvalue weighted by Gasteiger charge is 2.26. The van der Waals surface area contributed by atoms with Crippen molar-refractivity contribution >= 4 is 23.8 Å². The molecular weight excluding hydrogens is 458 g/mol. The van der Waals surface area contributed by atoms with Crippen molar-refractivity contribution in [2.24, 2.45) is 17.1 Å². The number of hydrogen-bond acceptors (Lipinski definition) is 8. The smallest absolute Gasteiger partial charge is 0.407 e. The Hall–Kier alpha value is -2.44. The topological polar surface area (TPSA) is 170 Å². The van der Waals surface area contributed by atoms with E-state index in [0.29, 0.717) is 26.4 Å². The molecule has 0 radical (unpaired) electrons. The first-order valence-electron chi connectivity index (χ1n) is 12.0. The van der Waals surface area contributed by atoms with Gasteiger partial charge in [0.2, 0.25) is 17.7 Å². The van der Waals surface area contributed by atoms with Gasteiger partial charge in [0.1, 0.15) is 12.1 Å². The third kappa shape index (κ3) is 17.6. The van der Waals surface area contributed by atoms with E-state index in [2.05, 4.69) is 21.3 Å². The molecule has 0 bridgehead atoms. The lowest BCUT2D eigenvalue weighted by Gasteiger charge is -2.24. The van der Waals surface area contributed by atoms with Crippen LogP contribution >= 0.6 is 0 Å². The van der Waals surface area contributed by atoms with Crippen molar-refractivity contribution in [3.05, 3.63) is 0 Å². The molecule has 2 atom stereocenters. The van der Waals surface area contributed by atoms with Gasteiger partial charge in [0.15, 0.2) is 0 Å². The molecular formula is C23H45N5O7. The minimum Gasteiger partial charge on any atom is -0.449 e. The van der Waals surface area contributed by atoms with Crippen molar-refractivity contribution in [1.29, 1.82) is 0 Å². The molecule has 35 heavy (non-hydrogen) atoms. The zero-order chi connectivity index (χ0) is 26.9. The Bertz CT molecular complexity index is 653. The molecule has 0 aliphatic heterocycles. The average molecular weight is 504 g/mol. The van der Waals surface area contributed by atoms with Crippen molar-refractivity contribution in [3.8, 4) is 0 Å². The molecule has 204 valence electrons. The summed E-state index contributed by atoms with van der Waals surface area (Å²) in [7, 11) is 0. The van der Waals surface area contributed by atoms with Crippen LogP contribution in [0.3, 0.4) is 0 Å². The molecule has 4 amide bonds. The lowest BCUT2D eigenvalue weighted by atomic mass is 9.99. The Morgan fingerprint density at radius 2 is 1.43 bits per heavy atom. The molecule has 0 spiro atoms. The Morgan fingerprint density at radius 1 is 0.829 bits per heavy atom. The zero-order valence-corrected chi connectivity index (χ0v) is 22.0. The van der Waals surface area contributed by atoms with E-state index in [-0.39, 0.29) is 50.0 Å². The molecule has 0 aromatic carbocycles. The van der Waals surface area contributed by atoms with Gasteiger partial charge < -0.3 is 41.2 Å². The zero-order valence-electron chi connectivity index (χ0n) is 22.0. The Labute approximate surface area is 208 Å². The lowest BCUT2D eigenvalue weighted by molar-refractivity contribution is -0.133. The molecule has 0 aliphatic rings. The maximum Gasteiger partial charge on any atom is 0.407 e. The maximum absolute atomic E-state index is 12.6. The number of carbonyl (C=O) groups excluding carboxylic acids is 4. The fourth-order valence-electron chi connectivity index (χ4n) is 2.56. The van der Waals surface area contributed by atoms with Crippen LogP contribution in [0.2, 0.25) is 0 Å². The van der Waals surface area contributed by atoms with Crippen LogP contribution in [0.5, 0.6) is 0 Å². The number of rotatable bonds is 17. The summed E-state index contributed by atoms with van der Waals surface area (Å²) < 4.78 is 15.6. The van der Waals surface area contributed by atoms with Gasteiger partial charge in [-0.2, -0.15) is 0 Å². The molecule has 0 aromatic rings. The summed E-state index contributed by atoms with van der Waals surface area (Å²) in [6.07, 6.45) is -0.467. The standard InChI is InChI=1S/C23H45N5O7/c1-16(2)19(28-18(29)7-11-33-13-14-34-12-8-24)21(31)27-17(3)20(30)25-9-10-26-22(32)35-15-23(4,5)6/h16-17,19H,7-15,24H2,1-6H3,(H,25,30)(H,26,32)(H,27,31)(H,28,29)/t17-,19?/m0/s1. The molecule has 0 aromatic heterocycles. The fourth-order valence-corrected chi connectivity index (χ4v) is 2.56. The van der Waals surface area contributed by atoms with Gasteiger partial charge in [-0.1, -0.05) is 34.6 Å². The number of ether oxygens (including phenoxy) is 3. The number of nitrogens with one attached hydrogen (secondary N) is 4. The predicted molar refractivity (Wildman–Crippen MR) is 131 cm³/mol. The number of nitrogens with two attached hydrogens (primary N) is 1. The monoisotopic (exact) mass is 503 g/mol. The van der Waals surface area contributed by atoms with Crippen LogP contribution in [0.15, 0.2) is 0 Å². The summed E-state index contributed by atoms with van der Waals surface area (Å²) in [5.41, 5.74) is 5.18. The molecule has 0 aliphatic carbocycles. The van der Waals surface area contributed by atoms with Gasteiger partial charge in [-0.25, -0.2) is 4.79 Å². The fraction of sp³-hybridized carbons (Fsp3) is 0.826. The van der Waals surface area contributed by atoms with Crippen LogP contribution in [-0.2, 0) is 28.6 Å². The van der Waals surface area contributed by atoms with Crippen LogP contribution in [-0.4, -0.2) is 88.6 Å². The van der Waals surface area contributed by atoms with Gasteiger partial charge >= 0.3 is 6.09 Å². The molecule has 0 saturated heterocycles. The SMILES string of the molecule is CC(C)C(NC(=O)CCOCCOCCN)C(=O)N[C@@H](C)C(=O)NCCNC(=O)OCC(C)(C)C. The molecule has 6 N–H and O–H groups in total. The number of carbonyl (C=O) groups is 4. The van der Waals surface area contributed by atoms with Crippen LogP contribution in [0.4, 0.5) is 4.79 Å². The number of hydrogen-bond donors (Lipinski definition) is 5. The Kier molecular flexibility index (Phi) is 16.7. The van der Waals surface area contributed by atoms with E-state index in [1.54, 1.807) is 13.8 Å². The van der Waals surface area contributed by atoms with Gasteiger partial charge in [-0.3, -0.25) is 14.4 Å². The third-order valence-corrected chi connectivity index (χ3v) is 4.46. The highest BCUT2D eigenvalue weighted by Crippen LogP contribution is 2.12. The third-order valence-electron chi connectivity index (χ3n) is 4.46. The van der Waals surface area contributed by atoms with Crippen molar-refractivity contribution < 1.29 is 33.4 Å². The van der Waals surface area contributed by atoms with Gasteiger partial charge in [-0.15, -0.1) is 0 Å². The summed E-state index contributed by atoms with van der Waals surface area (Å²) in [5, 5.41) is 10.5. The Balaban J connectivity index is 4.30. The summed E-state index contributed by atoms with van der Waals surface area (Å²) in [5.74, 6) is -1.40. The number of amides is 4. The second-order valence-electron chi connectivity index (χ2n) is 9.64. The Morgan fingerprint density at radius 3 is 2.00 bits per heavy atom. The van der Waals surface area contributed by atoms with Crippen molar-refractivity contribution in [2.45, 2.75) is 60.0 Å². The van der Waals surface area contributed by atoms with E-state index in [1.807, 2.05) is 20.8 Å². The molecule has 12 heteroatoms. The van der Waals surface area contributed by atoms with Crippen molar-refractivity contribution in [2.75, 3.05) is 52.7 Å². The minimum atomic E-state index is -0.828. The second-order valence-corrected chi connectivity index (χ2v) is 9.64. The lowest BCUT2D eigenvalue weighted by Crippen LogP contribution is -2.55. The summed E-state index contributed by atoms with van der Waals surface area (Å²) in [6, 6.07) is -1.63. The van der Waals surface area contributed by atoms with Crippen molar-refractivity contribution in [3.63, 3.8) is 0 Å². The highest BCUT2D eigenvalue weighted by molar-refractivity contribution is 5.92. The minimum absolute atomic E-state index is 0.0919. The van der Waals surface area contributed by atoms with Crippen molar-refractivity contribution in [1.82, 2.24) is 21.3 Å². The largest absolute Gasteiger partial charge is 0.449 e. The van der Waals surface area contributed by atoms with E-state index >= 15 is 0 Å². The van der Waals surface area contributed by atoms with E-state index in [1.165, 1.54) is 6.92 Å². The normalized spacial score (nSPS) is 13.0. The maximum atomic E-state index is 12.6. The van der Waals surface area contributed by atoms with E-state index in [4.69, 9.17) is 19.9 Å². The molecule has 0 heterocycles. The van der Waals surface area contributed by atoms with Crippen LogP contribution in [0.25, 0.3) is 0 Å². The van der Waals surface area contributed by atoms with E-state index in [9.17, 15) is 19.2 Å². The van der Waals surface area contributed by atoms with Gasteiger partial charge in [-0.05, 0) is 18.3 Å². The van der Waals surface area contributed by atoms with Gasteiger partial charge in [0.05, 0.1) is 33.0 Å². The quantitative estimate of drug-likeness (QED) is 0.171. The van der Waals surface area contributed by atoms with Crippen LogP contribution in [0, 0.1) is 11.3 Å². The first-order valence-corrected chi connectivity index (χ1v) is 12.0. The van der Waals surface area contributed by atoms with E-state index < -0.39 is 30.0 Å². The van der Waals surface area contributed by atoms with Gasteiger partial charge in [0.25, 0.3) is 0 Å². The predicted octanol–water partition coefficient (Wildman–Crippen LogP) is -0.0976. The molecule has 0 rings (SSSR count). The van der Waals surface area contributed by atoms with Crippen LogP contribution < -0.4 is 27.0 Å². The summed E-state index contributed by atoms with van der Waals surface area (Å²) in [4.78, 5) is 48.7. The molecule has 12 nitrogen and oxygen atoms in total. The van der Waals surface area contributed by atoms with Crippen LogP contribution in [0.1, 0.15) is 48.0 Å². The summed E-state index contributed by atoms with van der Waals surface area (Å²) in [6.45, 7) is 13.4. The first-order chi connectivity index (χ1) is 16.4. The molecule has 0 fully saturated rings. The average Bonchev–Trinajstić information content (AvgIpc) is 2.77. The first kappa shape index (κ1) is 32.6. The van der Waals surface area contributed by atoms with E-state index in [0.717, 1.165) is 0 Å². The molecule has 1 unspecified atom stereocenters. The highest BCUT2D eigenvalue weighted by atomic mass is 16.5.